The zero-order valence-corrected chi connectivity index (χ0v) is 13.9. The van der Waals surface area contributed by atoms with Crippen LogP contribution in [0.4, 0.5) is 11.8 Å². The monoisotopic (exact) mass is 328 g/mol. The molecular formula is C16H24N8. The van der Waals surface area contributed by atoms with E-state index < -0.39 is 0 Å². The van der Waals surface area contributed by atoms with Gasteiger partial charge in [0.05, 0.1) is 30.1 Å². The van der Waals surface area contributed by atoms with E-state index >= 15 is 0 Å². The van der Waals surface area contributed by atoms with Gasteiger partial charge in [0, 0.05) is 19.3 Å². The molecule has 5 N–H and O–H groups in total. The Bertz CT molecular complexity index is 682. The number of nitrogens with one attached hydrogen (secondary N) is 1. The van der Waals surface area contributed by atoms with E-state index in [1.54, 1.807) is 23.1 Å². The van der Waals surface area contributed by atoms with Crippen molar-refractivity contribution in [2.75, 3.05) is 17.6 Å². The van der Waals surface area contributed by atoms with Crippen molar-refractivity contribution < 1.29 is 0 Å². The molecule has 8 heteroatoms. The average Bonchev–Trinajstić information content (AvgIpc) is 2.95. The van der Waals surface area contributed by atoms with Crippen molar-refractivity contribution in [3.8, 4) is 17.3 Å². The van der Waals surface area contributed by atoms with Gasteiger partial charge in [0.2, 0.25) is 5.95 Å². The van der Waals surface area contributed by atoms with E-state index in [0.717, 1.165) is 11.3 Å². The van der Waals surface area contributed by atoms with E-state index in [1.807, 2.05) is 13.1 Å². The summed E-state index contributed by atoms with van der Waals surface area (Å²) in [6.07, 6.45) is 9.80. The number of nitrogens with two attached hydrogens (primary N) is 2. The number of hydrogen-bond donors (Lipinski definition) is 3. The molecule has 1 saturated carbocycles. The van der Waals surface area contributed by atoms with E-state index in [4.69, 9.17) is 11.0 Å². The Morgan fingerprint density at radius 3 is 2.67 bits per heavy atom. The van der Waals surface area contributed by atoms with Gasteiger partial charge in [0.25, 0.3) is 0 Å². The first-order valence-corrected chi connectivity index (χ1v) is 8.10. The molecular weight excluding hydrogens is 304 g/mol. The first-order valence-electron chi connectivity index (χ1n) is 8.10. The van der Waals surface area contributed by atoms with Crippen LogP contribution in [0.15, 0.2) is 18.5 Å². The number of nitriles is 1. The van der Waals surface area contributed by atoms with E-state index in [2.05, 4.69) is 26.1 Å². The van der Waals surface area contributed by atoms with Crippen LogP contribution >= 0.6 is 0 Å². The number of hydrogen-bond acceptors (Lipinski definition) is 7. The summed E-state index contributed by atoms with van der Waals surface area (Å²) in [6.45, 7) is 0.125. The highest BCUT2D eigenvalue weighted by Gasteiger charge is 2.15. The molecule has 1 fully saturated rings. The summed E-state index contributed by atoms with van der Waals surface area (Å²) in [5, 5.41) is 15.1. The summed E-state index contributed by atoms with van der Waals surface area (Å²) in [5.41, 5.74) is 12.3. The van der Waals surface area contributed by atoms with E-state index in [-0.39, 0.29) is 6.54 Å². The van der Waals surface area contributed by atoms with Crippen molar-refractivity contribution in [2.45, 2.75) is 38.1 Å². The smallest absolute Gasteiger partial charge is 0.223 e. The fourth-order valence-electron chi connectivity index (χ4n) is 2.65. The lowest BCUT2D eigenvalue weighted by Crippen LogP contribution is -2.23. The molecule has 0 unspecified atom stereocenters. The van der Waals surface area contributed by atoms with E-state index in [1.165, 1.54) is 32.1 Å². The minimum Gasteiger partial charge on any atom is -0.383 e. The van der Waals surface area contributed by atoms with E-state index in [9.17, 15) is 0 Å². The van der Waals surface area contributed by atoms with Gasteiger partial charge in [-0.1, -0.05) is 19.3 Å². The van der Waals surface area contributed by atoms with Crippen LogP contribution in [-0.2, 0) is 7.05 Å². The maximum Gasteiger partial charge on any atom is 0.223 e. The van der Waals surface area contributed by atoms with Crippen molar-refractivity contribution in [1.82, 2.24) is 19.7 Å². The number of rotatable bonds is 3. The second-order valence-electron chi connectivity index (χ2n) is 5.67. The van der Waals surface area contributed by atoms with Crippen molar-refractivity contribution in [2.24, 2.45) is 12.8 Å². The molecule has 1 aliphatic rings. The highest BCUT2D eigenvalue weighted by Crippen LogP contribution is 2.24. The first-order chi connectivity index (χ1) is 11.7. The van der Waals surface area contributed by atoms with Crippen LogP contribution in [0.5, 0.6) is 0 Å². The number of anilines is 2. The molecule has 24 heavy (non-hydrogen) atoms. The number of nitrogen functional groups attached to an aromatic ring is 1. The minimum atomic E-state index is 0.125. The van der Waals surface area contributed by atoms with Gasteiger partial charge in [-0.15, -0.1) is 0 Å². The van der Waals surface area contributed by atoms with Crippen LogP contribution in [0, 0.1) is 11.3 Å². The normalized spacial score (nSPS) is 14.4. The summed E-state index contributed by atoms with van der Waals surface area (Å²) in [7, 11) is 1.82. The second kappa shape index (κ2) is 8.84. The quantitative estimate of drug-likeness (QED) is 0.730. The SMILES string of the molecule is Cn1ncc(-c2ccnc(NC3CCCCC3)n2)c1N.N#CCN. The third-order valence-corrected chi connectivity index (χ3v) is 3.95. The number of aromatic nitrogens is 4. The Balaban J connectivity index is 0.000000471. The predicted octanol–water partition coefficient (Wildman–Crippen LogP) is 1.67. The lowest BCUT2D eigenvalue weighted by atomic mass is 9.96. The molecule has 0 atom stereocenters. The van der Waals surface area contributed by atoms with Crippen molar-refractivity contribution >= 4 is 11.8 Å². The molecule has 0 aromatic carbocycles. The summed E-state index contributed by atoms with van der Waals surface area (Å²) >= 11 is 0. The molecule has 8 nitrogen and oxygen atoms in total. The van der Waals surface area contributed by atoms with Gasteiger partial charge in [-0.25, -0.2) is 9.97 Å². The third-order valence-electron chi connectivity index (χ3n) is 3.95. The molecule has 0 aliphatic heterocycles. The van der Waals surface area contributed by atoms with Crippen LogP contribution in [-0.4, -0.2) is 32.3 Å². The summed E-state index contributed by atoms with van der Waals surface area (Å²) in [4.78, 5) is 8.86. The maximum absolute atomic E-state index is 7.50. The van der Waals surface area contributed by atoms with Gasteiger partial charge in [0.1, 0.15) is 5.82 Å². The first kappa shape index (κ1) is 17.7. The Morgan fingerprint density at radius 1 is 1.38 bits per heavy atom. The summed E-state index contributed by atoms with van der Waals surface area (Å²) in [5.74, 6) is 1.30. The lowest BCUT2D eigenvalue weighted by molar-refractivity contribution is 0.461. The molecule has 0 bridgehead atoms. The molecule has 128 valence electrons. The van der Waals surface area contributed by atoms with Crippen LogP contribution in [0.2, 0.25) is 0 Å². The van der Waals surface area contributed by atoms with Gasteiger partial charge in [0.15, 0.2) is 0 Å². The molecule has 0 amide bonds. The lowest BCUT2D eigenvalue weighted by Gasteiger charge is -2.22. The van der Waals surface area contributed by atoms with Crippen molar-refractivity contribution in [3.05, 3.63) is 18.5 Å². The predicted molar refractivity (Wildman–Crippen MR) is 93.8 cm³/mol. The van der Waals surface area contributed by atoms with Crippen LogP contribution in [0.3, 0.4) is 0 Å². The summed E-state index contributed by atoms with van der Waals surface area (Å²) < 4.78 is 1.64. The summed E-state index contributed by atoms with van der Waals surface area (Å²) in [6, 6.07) is 4.06. The molecule has 3 rings (SSSR count). The van der Waals surface area contributed by atoms with Gasteiger partial charge < -0.3 is 16.8 Å². The average molecular weight is 328 g/mol. The van der Waals surface area contributed by atoms with Gasteiger partial charge in [-0.3, -0.25) is 4.68 Å². The van der Waals surface area contributed by atoms with Crippen LogP contribution in [0.1, 0.15) is 32.1 Å². The van der Waals surface area contributed by atoms with Gasteiger partial charge in [-0.2, -0.15) is 10.4 Å². The number of nitrogens with zero attached hydrogens (tertiary/aromatic N) is 5. The fraction of sp³-hybridized carbons (Fsp3) is 0.500. The zero-order chi connectivity index (χ0) is 17.4. The highest BCUT2D eigenvalue weighted by molar-refractivity contribution is 5.70. The van der Waals surface area contributed by atoms with Gasteiger partial charge in [-0.05, 0) is 18.9 Å². The minimum absolute atomic E-state index is 0.125. The Kier molecular flexibility index (Phi) is 6.51. The topological polar surface area (TPSA) is 131 Å². The Morgan fingerprint density at radius 2 is 2.08 bits per heavy atom. The standard InChI is InChI=1S/C14H20N6.C2H4N2/c1-20-13(15)11(9-17-20)12-7-8-16-14(19-12)18-10-5-3-2-4-6-10;3-1-2-4/h7-10H,2-6,15H2,1H3,(H,16,18,19);1,3H2. The van der Waals surface area contributed by atoms with Crippen molar-refractivity contribution in [1.29, 1.82) is 5.26 Å². The molecule has 0 spiro atoms. The zero-order valence-electron chi connectivity index (χ0n) is 13.9. The molecule has 1 aliphatic carbocycles. The van der Waals surface area contributed by atoms with Gasteiger partial charge >= 0.3 is 0 Å². The second-order valence-corrected chi connectivity index (χ2v) is 5.67. The fourth-order valence-corrected chi connectivity index (χ4v) is 2.65. The Hall–Kier alpha value is -2.66. The Labute approximate surface area is 141 Å². The maximum atomic E-state index is 7.50. The molecule has 2 aromatic heterocycles. The van der Waals surface area contributed by atoms with Crippen LogP contribution < -0.4 is 16.8 Å². The number of aryl methyl sites for hydroxylation is 1. The third kappa shape index (κ3) is 4.67. The molecule has 0 radical (unpaired) electrons. The molecule has 2 aromatic rings. The van der Waals surface area contributed by atoms with E-state index in [0.29, 0.717) is 17.8 Å². The molecule has 2 heterocycles. The van der Waals surface area contributed by atoms with Crippen LogP contribution in [0.25, 0.3) is 11.3 Å². The molecule has 0 saturated heterocycles. The largest absolute Gasteiger partial charge is 0.383 e. The highest BCUT2D eigenvalue weighted by atomic mass is 15.3. The van der Waals surface area contributed by atoms with Crippen molar-refractivity contribution in [3.63, 3.8) is 0 Å².